The Bertz CT molecular complexity index is 1200. The Morgan fingerprint density at radius 1 is 1.00 bits per heavy atom. The van der Waals surface area contributed by atoms with Gasteiger partial charge in [-0.3, -0.25) is 9.59 Å². The molecule has 1 amide bonds. The molecule has 0 saturated heterocycles. The van der Waals surface area contributed by atoms with Crippen molar-refractivity contribution in [3.63, 3.8) is 0 Å². The summed E-state index contributed by atoms with van der Waals surface area (Å²) < 4.78 is 8.14. The molecule has 0 unspecified atom stereocenters. The van der Waals surface area contributed by atoms with E-state index in [0.29, 0.717) is 23.9 Å². The predicted octanol–water partition coefficient (Wildman–Crippen LogP) is 7.85. The zero-order chi connectivity index (χ0) is 26.6. The number of carbonyl (C=O) groups is 2. The lowest BCUT2D eigenvalue weighted by molar-refractivity contribution is -0.137. The molecule has 0 aliphatic heterocycles. The highest BCUT2D eigenvalue weighted by Gasteiger charge is 2.14. The van der Waals surface area contributed by atoms with Gasteiger partial charge in [0.05, 0.1) is 12.3 Å². The average Bonchev–Trinajstić information content (AvgIpc) is 3.30. The van der Waals surface area contributed by atoms with Gasteiger partial charge >= 0.3 is 5.97 Å². The lowest BCUT2D eigenvalue weighted by atomic mass is 9.99. The first-order chi connectivity index (χ1) is 18.0. The molecule has 3 rings (SSSR count). The third kappa shape index (κ3) is 7.97. The highest BCUT2D eigenvalue weighted by atomic mass is 16.5. The molecule has 0 fully saturated rings. The van der Waals surface area contributed by atoms with Gasteiger partial charge in [0.2, 0.25) is 5.91 Å². The second-order valence-corrected chi connectivity index (χ2v) is 9.48. The minimum Gasteiger partial charge on any atom is -0.491 e. The van der Waals surface area contributed by atoms with Crippen LogP contribution in [0.3, 0.4) is 0 Å². The summed E-state index contributed by atoms with van der Waals surface area (Å²) in [5.74, 6) is -0.535. The summed E-state index contributed by atoms with van der Waals surface area (Å²) in [6, 6.07) is 16.4. The number of allylic oxidation sites excluding steroid dienone is 1. The quantitative estimate of drug-likeness (QED) is 0.163. The fourth-order valence-corrected chi connectivity index (χ4v) is 4.77. The molecule has 1 aromatic heterocycles. The average molecular weight is 505 g/mol. The molecule has 3 aromatic rings. The van der Waals surface area contributed by atoms with Crippen LogP contribution in [0.25, 0.3) is 16.5 Å². The fourth-order valence-electron chi connectivity index (χ4n) is 4.77. The van der Waals surface area contributed by atoms with E-state index in [-0.39, 0.29) is 18.9 Å². The van der Waals surface area contributed by atoms with Crippen molar-refractivity contribution in [2.75, 3.05) is 11.9 Å². The number of carboxylic acid groups (broad SMARTS) is 1. The molecular weight excluding hydrogens is 464 g/mol. The van der Waals surface area contributed by atoms with Crippen molar-refractivity contribution in [3.8, 4) is 5.75 Å². The van der Waals surface area contributed by atoms with Crippen molar-refractivity contribution in [1.82, 2.24) is 4.57 Å². The highest BCUT2D eigenvalue weighted by molar-refractivity contribution is 6.05. The van der Waals surface area contributed by atoms with Gasteiger partial charge in [-0.1, -0.05) is 58.2 Å². The van der Waals surface area contributed by atoms with Crippen LogP contribution in [0.4, 0.5) is 5.69 Å². The smallest absolute Gasteiger partial charge is 0.303 e. The molecule has 37 heavy (non-hydrogen) atoms. The molecule has 1 heterocycles. The molecule has 2 aromatic carbocycles. The number of aliphatic carboxylic acids is 1. The maximum Gasteiger partial charge on any atom is 0.303 e. The molecule has 6 nitrogen and oxygen atoms in total. The van der Waals surface area contributed by atoms with E-state index in [2.05, 4.69) is 61.1 Å². The zero-order valence-electron chi connectivity index (χ0n) is 22.3. The summed E-state index contributed by atoms with van der Waals surface area (Å²) in [6.07, 6.45) is 10.7. The van der Waals surface area contributed by atoms with E-state index in [0.717, 1.165) is 36.8 Å². The van der Waals surface area contributed by atoms with Crippen molar-refractivity contribution < 1.29 is 19.4 Å². The van der Waals surface area contributed by atoms with E-state index in [4.69, 9.17) is 9.84 Å². The second kappa shape index (κ2) is 14.3. The summed E-state index contributed by atoms with van der Waals surface area (Å²) in [5.41, 5.74) is 3.86. The Morgan fingerprint density at radius 2 is 1.76 bits per heavy atom. The summed E-state index contributed by atoms with van der Waals surface area (Å²) in [6.45, 7) is 6.86. The third-order valence-corrected chi connectivity index (χ3v) is 6.49. The van der Waals surface area contributed by atoms with Gasteiger partial charge in [-0.15, -0.1) is 0 Å². The fraction of sp³-hybridized carbons (Fsp3) is 0.419. The number of carboxylic acids is 1. The Morgan fingerprint density at radius 3 is 2.46 bits per heavy atom. The van der Waals surface area contributed by atoms with Gasteiger partial charge in [0.15, 0.2) is 0 Å². The number of carbonyl (C=O) groups excluding carboxylic acids is 1. The van der Waals surface area contributed by atoms with Crippen molar-refractivity contribution in [2.45, 2.75) is 78.2 Å². The van der Waals surface area contributed by atoms with Gasteiger partial charge in [-0.25, -0.2) is 0 Å². The molecule has 0 aliphatic rings. The van der Waals surface area contributed by atoms with E-state index >= 15 is 0 Å². The van der Waals surface area contributed by atoms with Gasteiger partial charge in [0.1, 0.15) is 5.75 Å². The molecule has 2 N–H and O–H groups in total. The van der Waals surface area contributed by atoms with Crippen LogP contribution in [0, 0.1) is 0 Å². The molecule has 0 aliphatic carbocycles. The molecule has 0 atom stereocenters. The molecule has 0 bridgehead atoms. The highest BCUT2D eigenvalue weighted by Crippen LogP contribution is 2.30. The van der Waals surface area contributed by atoms with Gasteiger partial charge in [-0.2, -0.15) is 0 Å². The number of rotatable bonds is 15. The number of nitrogens with zero attached hydrogens (tertiary/aromatic N) is 1. The number of hydrogen-bond acceptors (Lipinski definition) is 3. The Kier molecular flexibility index (Phi) is 10.8. The number of hydrogen-bond donors (Lipinski definition) is 2. The summed E-state index contributed by atoms with van der Waals surface area (Å²) in [4.78, 5) is 23.8. The number of benzene rings is 2. The largest absolute Gasteiger partial charge is 0.491 e. The van der Waals surface area contributed by atoms with Gasteiger partial charge in [0.25, 0.3) is 0 Å². The topological polar surface area (TPSA) is 80.6 Å². The van der Waals surface area contributed by atoms with E-state index in [1.54, 1.807) is 18.2 Å². The van der Waals surface area contributed by atoms with Gasteiger partial charge in [0, 0.05) is 35.6 Å². The van der Waals surface area contributed by atoms with Crippen LogP contribution < -0.4 is 10.1 Å². The first-order valence-corrected chi connectivity index (χ1v) is 13.5. The maximum atomic E-state index is 13.0. The third-order valence-electron chi connectivity index (χ3n) is 6.49. The lowest BCUT2D eigenvalue weighted by Crippen LogP contribution is -2.11. The molecule has 0 saturated carbocycles. The molecular formula is C31H40N2O4. The van der Waals surface area contributed by atoms with Crippen LogP contribution in [0.5, 0.6) is 5.75 Å². The number of amides is 1. The number of anilines is 1. The van der Waals surface area contributed by atoms with Crippen LogP contribution in [-0.4, -0.2) is 28.2 Å². The van der Waals surface area contributed by atoms with Crippen LogP contribution in [0.1, 0.15) is 83.7 Å². The van der Waals surface area contributed by atoms with Crippen molar-refractivity contribution in [1.29, 1.82) is 0 Å². The van der Waals surface area contributed by atoms with Crippen molar-refractivity contribution in [3.05, 3.63) is 66.4 Å². The first-order valence-electron chi connectivity index (χ1n) is 13.5. The van der Waals surface area contributed by atoms with Gasteiger partial charge < -0.3 is 19.7 Å². The predicted molar refractivity (Wildman–Crippen MR) is 151 cm³/mol. The number of fused-ring (bicyclic) bond motifs is 1. The number of ether oxygens (including phenoxy) is 1. The number of nitrogens with one attached hydrogen (secondary N) is 1. The molecule has 0 spiro atoms. The van der Waals surface area contributed by atoms with E-state index < -0.39 is 5.97 Å². The van der Waals surface area contributed by atoms with E-state index in [9.17, 15) is 9.59 Å². The zero-order valence-corrected chi connectivity index (χ0v) is 22.3. The maximum absolute atomic E-state index is 13.0. The monoisotopic (exact) mass is 504 g/mol. The van der Waals surface area contributed by atoms with Crippen molar-refractivity contribution in [2.24, 2.45) is 0 Å². The Labute approximate surface area is 220 Å². The summed E-state index contributed by atoms with van der Waals surface area (Å²) in [5, 5.41) is 12.9. The normalized spacial score (nSPS) is 11.7. The van der Waals surface area contributed by atoms with Crippen LogP contribution in [0.15, 0.2) is 60.8 Å². The van der Waals surface area contributed by atoms with Crippen LogP contribution in [0.2, 0.25) is 0 Å². The Hall–Kier alpha value is -3.54. The van der Waals surface area contributed by atoms with Crippen LogP contribution >= 0.6 is 0 Å². The molecule has 6 heteroatoms. The van der Waals surface area contributed by atoms with E-state index in [1.165, 1.54) is 23.7 Å². The van der Waals surface area contributed by atoms with Gasteiger partial charge in [-0.05, 0) is 67.2 Å². The summed E-state index contributed by atoms with van der Waals surface area (Å²) in [7, 11) is 0. The Balaban J connectivity index is 1.79. The standard InChI is InChI=1S/C31H40N2O4/c1-4-10-23(22-30(34)32-27-13-7-8-14-29(27)37-20-9-15-31(35)36)24-16-17-28-25(21-24)18-19-33(28)26(11-5-2)12-6-3/h7-8,13-14,16-19,21-22,26H,4-6,9-12,15,20H2,1-3H3,(H,32,34)(H,35,36)/b23-22+. The first kappa shape index (κ1) is 28.0. The second-order valence-electron chi connectivity index (χ2n) is 9.48. The number of para-hydroxylation sites is 2. The SMILES string of the molecule is CCC/C(=C\C(=O)Nc1ccccc1OCCCC(=O)O)c1ccc2c(ccn2C(CCC)CCC)c1. The minimum atomic E-state index is -0.852. The molecule has 198 valence electrons. The van der Waals surface area contributed by atoms with Crippen LogP contribution in [-0.2, 0) is 9.59 Å². The summed E-state index contributed by atoms with van der Waals surface area (Å²) >= 11 is 0. The molecule has 0 radical (unpaired) electrons. The van der Waals surface area contributed by atoms with Crippen molar-refractivity contribution >= 4 is 34.0 Å². The lowest BCUT2D eigenvalue weighted by Gasteiger charge is -2.19. The number of aromatic nitrogens is 1. The minimum absolute atomic E-state index is 0.0449. The van der Waals surface area contributed by atoms with E-state index in [1.807, 2.05) is 12.1 Å².